The van der Waals surface area contributed by atoms with Crippen molar-refractivity contribution < 1.29 is 9.47 Å². The van der Waals surface area contributed by atoms with Crippen molar-refractivity contribution in [1.82, 2.24) is 0 Å². The summed E-state index contributed by atoms with van der Waals surface area (Å²) in [6.45, 7) is 1.96. The fourth-order valence-corrected chi connectivity index (χ4v) is 1.14. The van der Waals surface area contributed by atoms with Crippen LogP contribution in [-0.4, -0.2) is 6.03 Å². The summed E-state index contributed by atoms with van der Waals surface area (Å²) >= 11 is 0. The monoisotopic (exact) mass is 166 g/mol. The first-order valence-electron chi connectivity index (χ1n) is 3.63. The van der Waals surface area contributed by atoms with Gasteiger partial charge >= 0.3 is 6.03 Å². The third-order valence-corrected chi connectivity index (χ3v) is 1.64. The lowest BCUT2D eigenvalue weighted by Gasteiger charge is -2.14. The Morgan fingerprint density at radius 1 is 1.17 bits per heavy atom. The van der Waals surface area contributed by atoms with Crippen LogP contribution in [0.15, 0.2) is 18.2 Å². The molecule has 1 aliphatic rings. The molecule has 0 atom stereocenters. The van der Waals surface area contributed by atoms with Gasteiger partial charge in [0, 0.05) is 0 Å². The van der Waals surface area contributed by atoms with Gasteiger partial charge in [-0.2, -0.15) is 0 Å². The van der Waals surface area contributed by atoms with Crippen molar-refractivity contribution in [3.05, 3.63) is 23.8 Å². The van der Waals surface area contributed by atoms with Gasteiger partial charge in [-0.05, 0) is 24.6 Å². The zero-order valence-electron chi connectivity index (χ0n) is 6.70. The lowest BCUT2D eigenvalue weighted by Crippen LogP contribution is -2.56. The van der Waals surface area contributed by atoms with Gasteiger partial charge in [0.2, 0.25) is 0 Å². The summed E-state index contributed by atoms with van der Waals surface area (Å²) in [6.07, 6.45) is 0. The summed E-state index contributed by atoms with van der Waals surface area (Å²) in [5.74, 6) is 1.19. The Kier molecular flexibility index (Phi) is 1.31. The Bertz CT molecular complexity index is 323. The van der Waals surface area contributed by atoms with Gasteiger partial charge in [-0.15, -0.1) is 0 Å². The lowest BCUT2D eigenvalue weighted by molar-refractivity contribution is -0.0671. The smallest absolute Gasteiger partial charge is 0.376 e. The summed E-state index contributed by atoms with van der Waals surface area (Å²) in [5.41, 5.74) is 11.9. The van der Waals surface area contributed by atoms with Gasteiger partial charge in [0.25, 0.3) is 0 Å². The van der Waals surface area contributed by atoms with E-state index in [-0.39, 0.29) is 0 Å². The molecule has 0 saturated heterocycles. The van der Waals surface area contributed by atoms with E-state index in [0.717, 1.165) is 5.56 Å². The van der Waals surface area contributed by atoms with Crippen LogP contribution in [0.2, 0.25) is 0 Å². The predicted octanol–water partition coefficient (Wildman–Crippen LogP) is 0.295. The van der Waals surface area contributed by atoms with Gasteiger partial charge in [0.05, 0.1) is 0 Å². The molecule has 64 valence electrons. The molecule has 0 unspecified atom stereocenters. The number of hydrogen-bond acceptors (Lipinski definition) is 4. The van der Waals surface area contributed by atoms with Gasteiger partial charge in [0.15, 0.2) is 11.5 Å². The summed E-state index contributed by atoms with van der Waals surface area (Å²) in [4.78, 5) is 0. The van der Waals surface area contributed by atoms with E-state index in [0.29, 0.717) is 11.5 Å². The van der Waals surface area contributed by atoms with Crippen LogP contribution < -0.4 is 20.9 Å². The second-order valence-corrected chi connectivity index (χ2v) is 2.88. The number of benzene rings is 1. The van der Waals surface area contributed by atoms with E-state index in [1.807, 2.05) is 19.1 Å². The molecule has 1 aliphatic heterocycles. The van der Waals surface area contributed by atoms with Crippen molar-refractivity contribution in [3.8, 4) is 11.5 Å². The van der Waals surface area contributed by atoms with Crippen LogP contribution >= 0.6 is 0 Å². The van der Waals surface area contributed by atoms with Crippen molar-refractivity contribution in [2.45, 2.75) is 13.0 Å². The molecule has 12 heavy (non-hydrogen) atoms. The summed E-state index contributed by atoms with van der Waals surface area (Å²) in [7, 11) is 0. The Labute approximate surface area is 70.1 Å². The van der Waals surface area contributed by atoms with E-state index >= 15 is 0 Å². The Hall–Kier alpha value is -1.26. The first kappa shape index (κ1) is 7.39. The zero-order chi connectivity index (χ0) is 8.77. The van der Waals surface area contributed by atoms with Crippen LogP contribution in [-0.2, 0) is 0 Å². The average Bonchev–Trinajstić information content (AvgIpc) is 2.21. The van der Waals surface area contributed by atoms with Crippen LogP contribution in [0.25, 0.3) is 0 Å². The van der Waals surface area contributed by atoms with Gasteiger partial charge in [-0.3, -0.25) is 0 Å². The van der Waals surface area contributed by atoms with Crippen molar-refractivity contribution in [1.29, 1.82) is 0 Å². The zero-order valence-corrected chi connectivity index (χ0v) is 6.70. The third-order valence-electron chi connectivity index (χ3n) is 1.64. The highest BCUT2D eigenvalue weighted by Gasteiger charge is 2.33. The Morgan fingerprint density at radius 2 is 1.83 bits per heavy atom. The molecule has 0 radical (unpaired) electrons. The van der Waals surface area contributed by atoms with E-state index in [1.54, 1.807) is 6.07 Å². The van der Waals surface area contributed by atoms with Crippen molar-refractivity contribution >= 4 is 0 Å². The highest BCUT2D eigenvalue weighted by Crippen LogP contribution is 2.35. The quantitative estimate of drug-likeness (QED) is 0.543. The van der Waals surface area contributed by atoms with Crippen LogP contribution in [0.3, 0.4) is 0 Å². The van der Waals surface area contributed by atoms with E-state index in [2.05, 4.69) is 0 Å². The summed E-state index contributed by atoms with van der Waals surface area (Å²) in [5, 5.41) is 0. The maximum Gasteiger partial charge on any atom is 0.376 e. The van der Waals surface area contributed by atoms with Gasteiger partial charge in [-0.25, -0.2) is 11.5 Å². The molecule has 1 aromatic rings. The molecule has 0 spiro atoms. The molecule has 0 saturated carbocycles. The molecule has 0 fully saturated rings. The standard InChI is InChI=1S/C8H10N2O2/c1-5-2-3-6-7(4-5)12-8(9,10)11-6/h2-4H,9-10H2,1H3. The first-order chi connectivity index (χ1) is 5.57. The summed E-state index contributed by atoms with van der Waals surface area (Å²) in [6, 6.07) is 4.02. The molecular formula is C8H10N2O2. The normalized spacial score (nSPS) is 17.9. The molecule has 0 bridgehead atoms. The Balaban J connectivity index is 2.43. The van der Waals surface area contributed by atoms with Crippen molar-refractivity contribution in [3.63, 3.8) is 0 Å². The van der Waals surface area contributed by atoms with Gasteiger partial charge in [0.1, 0.15) is 0 Å². The highest BCUT2D eigenvalue weighted by atomic mass is 16.8. The van der Waals surface area contributed by atoms with Gasteiger partial charge in [-0.1, -0.05) is 6.07 Å². The predicted molar refractivity (Wildman–Crippen MR) is 43.5 cm³/mol. The van der Waals surface area contributed by atoms with Crippen molar-refractivity contribution in [2.75, 3.05) is 0 Å². The molecule has 4 nitrogen and oxygen atoms in total. The van der Waals surface area contributed by atoms with Crippen LogP contribution in [0.5, 0.6) is 11.5 Å². The topological polar surface area (TPSA) is 70.5 Å². The highest BCUT2D eigenvalue weighted by molar-refractivity contribution is 5.45. The van der Waals surface area contributed by atoms with E-state index < -0.39 is 6.03 Å². The SMILES string of the molecule is Cc1ccc2c(c1)OC(N)(N)O2. The minimum atomic E-state index is -1.50. The van der Waals surface area contributed by atoms with Crippen LogP contribution in [0.4, 0.5) is 0 Å². The molecule has 0 amide bonds. The van der Waals surface area contributed by atoms with Crippen molar-refractivity contribution in [2.24, 2.45) is 11.5 Å². The van der Waals surface area contributed by atoms with E-state index in [9.17, 15) is 0 Å². The second-order valence-electron chi connectivity index (χ2n) is 2.88. The molecule has 4 N–H and O–H groups in total. The average molecular weight is 166 g/mol. The number of aryl methyl sites for hydroxylation is 1. The number of nitrogens with two attached hydrogens (primary N) is 2. The van der Waals surface area contributed by atoms with Crippen LogP contribution in [0, 0.1) is 6.92 Å². The molecule has 2 rings (SSSR count). The maximum atomic E-state index is 5.41. The van der Waals surface area contributed by atoms with E-state index in [4.69, 9.17) is 20.9 Å². The fourth-order valence-electron chi connectivity index (χ4n) is 1.14. The van der Waals surface area contributed by atoms with Gasteiger partial charge < -0.3 is 9.47 Å². The minimum Gasteiger partial charge on any atom is -0.424 e. The molecule has 1 aromatic carbocycles. The van der Waals surface area contributed by atoms with Crippen LogP contribution in [0.1, 0.15) is 5.56 Å². The molecule has 1 heterocycles. The third kappa shape index (κ3) is 1.11. The molecule has 0 aromatic heterocycles. The van der Waals surface area contributed by atoms with E-state index in [1.165, 1.54) is 0 Å². The number of fused-ring (bicyclic) bond motifs is 1. The Morgan fingerprint density at radius 3 is 2.58 bits per heavy atom. The maximum absolute atomic E-state index is 5.41. The second kappa shape index (κ2) is 2.12. The molecule has 0 aliphatic carbocycles. The lowest BCUT2D eigenvalue weighted by atomic mass is 10.2. The largest absolute Gasteiger partial charge is 0.424 e. The molecule has 4 heteroatoms. The number of rotatable bonds is 0. The first-order valence-corrected chi connectivity index (χ1v) is 3.63. The summed E-state index contributed by atoms with van der Waals surface area (Å²) < 4.78 is 10.2. The fraction of sp³-hybridized carbons (Fsp3) is 0.250. The molecular weight excluding hydrogens is 156 g/mol. The number of ether oxygens (including phenoxy) is 2. The minimum absolute atomic E-state index is 0.589. The number of hydrogen-bond donors (Lipinski definition) is 2.